The Kier molecular flexibility index (Phi) is 7.81. The number of amides is 3. The molecule has 3 amide bonds. The lowest BCUT2D eigenvalue weighted by atomic mass is 10.1. The lowest BCUT2D eigenvalue weighted by Gasteiger charge is -2.38. The number of ether oxygens (including phenoxy) is 1. The molecule has 200 valence electrons. The number of likely N-dealkylation sites (tertiary alicyclic amines) is 1. The number of anilines is 1. The first-order chi connectivity index (χ1) is 17.5. The summed E-state index contributed by atoms with van der Waals surface area (Å²) in [5.74, 6) is 0.721. The van der Waals surface area contributed by atoms with Gasteiger partial charge in [0.1, 0.15) is 17.7 Å². The van der Waals surface area contributed by atoms with Gasteiger partial charge in [0, 0.05) is 58.1 Å². The predicted octanol–water partition coefficient (Wildman–Crippen LogP) is 0.0561. The van der Waals surface area contributed by atoms with Gasteiger partial charge >= 0.3 is 11.7 Å². The molecule has 2 aliphatic heterocycles. The van der Waals surface area contributed by atoms with Gasteiger partial charge in [-0.15, -0.1) is 0 Å². The van der Waals surface area contributed by atoms with E-state index in [1.54, 1.807) is 48.0 Å². The number of benzene rings is 1. The number of carbonyl (C=O) groups is 2. The van der Waals surface area contributed by atoms with E-state index < -0.39 is 11.2 Å². The van der Waals surface area contributed by atoms with E-state index in [4.69, 9.17) is 16.2 Å². The molecular formula is C25H36N8O4. The number of urea groups is 1. The van der Waals surface area contributed by atoms with Crippen molar-refractivity contribution in [2.45, 2.75) is 38.5 Å². The van der Waals surface area contributed by atoms with Gasteiger partial charge in [0.05, 0.1) is 11.2 Å². The van der Waals surface area contributed by atoms with Crippen molar-refractivity contribution in [3.05, 3.63) is 47.0 Å². The Labute approximate surface area is 216 Å². The lowest BCUT2D eigenvalue weighted by Crippen LogP contribution is -2.58. The molecule has 5 N–H and O–H groups in total. The first-order valence-electron chi connectivity index (χ1n) is 12.5. The minimum Gasteiger partial charge on any atom is -0.489 e. The van der Waals surface area contributed by atoms with Gasteiger partial charge in [-0.1, -0.05) is 0 Å². The summed E-state index contributed by atoms with van der Waals surface area (Å²) in [5, 5.41) is 2.67. The molecule has 0 radical (unpaired) electrons. The fraction of sp³-hybridized carbons (Fsp3) is 0.520. The van der Waals surface area contributed by atoms with Crippen LogP contribution < -0.4 is 27.2 Å². The standard InChI is InChI=1S/C25H36N8O4/c1-17(14-30-15-18(26)16-30)37-20-6-4-19(5-7-20)33-9-8-21(29-24(33)36)28-23(35)32-12-10-31(11-13-32)22(34)25(2,3)27/h4-9,17-18H,10-16,26-27H2,1-3H3,(H,28,29,35,36). The minimum atomic E-state index is -0.951. The molecule has 37 heavy (non-hydrogen) atoms. The van der Waals surface area contributed by atoms with Gasteiger partial charge in [-0.05, 0) is 51.1 Å². The molecule has 4 rings (SSSR count). The highest BCUT2D eigenvalue weighted by molar-refractivity contribution is 5.89. The van der Waals surface area contributed by atoms with E-state index in [9.17, 15) is 14.4 Å². The number of piperazine rings is 1. The average Bonchev–Trinajstić information content (AvgIpc) is 2.83. The summed E-state index contributed by atoms with van der Waals surface area (Å²) in [7, 11) is 0. The van der Waals surface area contributed by atoms with Gasteiger partial charge in [-0.25, -0.2) is 9.59 Å². The fourth-order valence-corrected chi connectivity index (χ4v) is 4.46. The second-order valence-corrected chi connectivity index (χ2v) is 10.3. The summed E-state index contributed by atoms with van der Waals surface area (Å²) >= 11 is 0. The van der Waals surface area contributed by atoms with Gasteiger partial charge < -0.3 is 26.0 Å². The summed E-state index contributed by atoms with van der Waals surface area (Å²) in [6.45, 7) is 9.46. The van der Waals surface area contributed by atoms with E-state index in [2.05, 4.69) is 15.2 Å². The maximum absolute atomic E-state index is 12.7. The van der Waals surface area contributed by atoms with Crippen LogP contribution in [-0.4, -0.2) is 99.7 Å². The molecule has 2 fully saturated rings. The van der Waals surface area contributed by atoms with Crippen molar-refractivity contribution >= 4 is 17.8 Å². The average molecular weight is 513 g/mol. The zero-order valence-electron chi connectivity index (χ0n) is 21.6. The van der Waals surface area contributed by atoms with E-state index in [1.807, 2.05) is 19.1 Å². The maximum Gasteiger partial charge on any atom is 0.354 e. The molecule has 0 spiro atoms. The zero-order valence-corrected chi connectivity index (χ0v) is 21.6. The maximum atomic E-state index is 12.7. The predicted molar refractivity (Wildman–Crippen MR) is 140 cm³/mol. The molecule has 1 atom stereocenters. The van der Waals surface area contributed by atoms with Crippen LogP contribution in [0.3, 0.4) is 0 Å². The summed E-state index contributed by atoms with van der Waals surface area (Å²) in [6.07, 6.45) is 1.58. The molecule has 1 aromatic heterocycles. The van der Waals surface area contributed by atoms with Crippen LogP contribution in [0.25, 0.3) is 5.69 Å². The number of nitrogens with zero attached hydrogens (tertiary/aromatic N) is 5. The monoisotopic (exact) mass is 512 g/mol. The SMILES string of the molecule is CC(CN1CC(N)C1)Oc1ccc(-n2ccc(NC(=O)N3CCN(C(=O)C(C)(C)N)CC3)nc2=O)cc1. The van der Waals surface area contributed by atoms with Crippen LogP contribution >= 0.6 is 0 Å². The van der Waals surface area contributed by atoms with Crippen molar-refractivity contribution in [3.63, 3.8) is 0 Å². The van der Waals surface area contributed by atoms with Crippen molar-refractivity contribution in [1.29, 1.82) is 0 Å². The highest BCUT2D eigenvalue weighted by atomic mass is 16.5. The van der Waals surface area contributed by atoms with Crippen LogP contribution in [0.4, 0.5) is 10.6 Å². The van der Waals surface area contributed by atoms with Crippen LogP contribution in [0.1, 0.15) is 20.8 Å². The highest BCUT2D eigenvalue weighted by Gasteiger charge is 2.31. The van der Waals surface area contributed by atoms with Crippen molar-refractivity contribution < 1.29 is 14.3 Å². The summed E-state index contributed by atoms with van der Waals surface area (Å²) in [6, 6.07) is 8.64. The zero-order chi connectivity index (χ0) is 26.7. The van der Waals surface area contributed by atoms with E-state index in [1.165, 1.54) is 4.57 Å². The molecule has 0 saturated carbocycles. The molecule has 1 aromatic carbocycles. The molecule has 0 bridgehead atoms. The first kappa shape index (κ1) is 26.6. The van der Waals surface area contributed by atoms with Crippen molar-refractivity contribution in [1.82, 2.24) is 24.3 Å². The Hall–Kier alpha value is -3.48. The van der Waals surface area contributed by atoms with Crippen LogP contribution in [-0.2, 0) is 4.79 Å². The molecule has 12 heteroatoms. The van der Waals surface area contributed by atoms with Gasteiger partial charge in [-0.3, -0.25) is 19.6 Å². The molecule has 12 nitrogen and oxygen atoms in total. The van der Waals surface area contributed by atoms with E-state index in [0.29, 0.717) is 37.6 Å². The van der Waals surface area contributed by atoms with Crippen LogP contribution in [0.15, 0.2) is 41.3 Å². The number of rotatable bonds is 7. The smallest absolute Gasteiger partial charge is 0.354 e. The molecular weight excluding hydrogens is 476 g/mol. The Morgan fingerprint density at radius 3 is 2.30 bits per heavy atom. The van der Waals surface area contributed by atoms with E-state index in [0.717, 1.165) is 19.6 Å². The second-order valence-electron chi connectivity index (χ2n) is 10.3. The van der Waals surface area contributed by atoms with Crippen molar-refractivity contribution in [2.75, 3.05) is 51.1 Å². The topological polar surface area (TPSA) is 152 Å². The van der Waals surface area contributed by atoms with Crippen LogP contribution in [0.5, 0.6) is 5.75 Å². The molecule has 2 saturated heterocycles. The second kappa shape index (κ2) is 10.9. The quantitative estimate of drug-likeness (QED) is 0.471. The number of hydrogen-bond donors (Lipinski definition) is 3. The summed E-state index contributed by atoms with van der Waals surface area (Å²) in [5.41, 5.74) is 10.9. The van der Waals surface area contributed by atoms with Gasteiger partial charge in [-0.2, -0.15) is 4.98 Å². The number of aromatic nitrogens is 2. The fourth-order valence-electron chi connectivity index (χ4n) is 4.46. The largest absolute Gasteiger partial charge is 0.489 e. The van der Waals surface area contributed by atoms with E-state index in [-0.39, 0.29) is 29.9 Å². The number of nitrogens with one attached hydrogen (secondary N) is 1. The minimum absolute atomic E-state index is 0.0154. The molecule has 3 heterocycles. The van der Waals surface area contributed by atoms with Gasteiger partial charge in [0.25, 0.3) is 0 Å². The third-order valence-electron chi connectivity index (χ3n) is 6.40. The molecule has 2 aliphatic rings. The Morgan fingerprint density at radius 1 is 1.11 bits per heavy atom. The molecule has 2 aromatic rings. The third-order valence-corrected chi connectivity index (χ3v) is 6.40. The summed E-state index contributed by atoms with van der Waals surface area (Å²) < 4.78 is 7.36. The number of carbonyl (C=O) groups excluding carboxylic acids is 2. The molecule has 1 unspecified atom stereocenters. The Balaban J connectivity index is 1.30. The number of nitrogens with two attached hydrogens (primary N) is 2. The van der Waals surface area contributed by atoms with Crippen LogP contribution in [0, 0.1) is 0 Å². The van der Waals surface area contributed by atoms with Gasteiger partial charge in [0.2, 0.25) is 5.91 Å². The summed E-state index contributed by atoms with van der Waals surface area (Å²) in [4.78, 5) is 47.1. The third kappa shape index (κ3) is 6.64. The van der Waals surface area contributed by atoms with Crippen LogP contribution in [0.2, 0.25) is 0 Å². The lowest BCUT2D eigenvalue weighted by molar-refractivity contribution is -0.137. The van der Waals surface area contributed by atoms with Gasteiger partial charge in [0.15, 0.2) is 0 Å². The number of hydrogen-bond acceptors (Lipinski definition) is 8. The Morgan fingerprint density at radius 2 is 1.73 bits per heavy atom. The highest BCUT2D eigenvalue weighted by Crippen LogP contribution is 2.17. The van der Waals surface area contributed by atoms with E-state index >= 15 is 0 Å². The van der Waals surface area contributed by atoms with Crippen molar-refractivity contribution in [2.24, 2.45) is 11.5 Å². The normalized spacial score (nSPS) is 17.8. The van der Waals surface area contributed by atoms with Crippen molar-refractivity contribution in [3.8, 4) is 11.4 Å². The molecule has 0 aliphatic carbocycles. The first-order valence-corrected chi connectivity index (χ1v) is 12.5. The Bertz CT molecular complexity index is 1160.